The number of aliphatic carboxylic acids is 1. The van der Waals surface area contributed by atoms with Crippen LogP contribution in [0.25, 0.3) is 0 Å². The van der Waals surface area contributed by atoms with Gasteiger partial charge in [-0.25, -0.2) is 0 Å². The van der Waals surface area contributed by atoms with Crippen molar-refractivity contribution in [3.8, 4) is 0 Å². The van der Waals surface area contributed by atoms with Gasteiger partial charge < -0.3 is 10.4 Å². The first-order valence-corrected chi connectivity index (χ1v) is 6.95. The largest absolute Gasteiger partial charge is 0.481 e. The summed E-state index contributed by atoms with van der Waals surface area (Å²) in [6, 6.07) is 5.63. The molecule has 0 aliphatic rings. The van der Waals surface area contributed by atoms with Crippen LogP contribution in [0.15, 0.2) is 18.2 Å². The van der Waals surface area contributed by atoms with E-state index < -0.39 is 11.5 Å². The summed E-state index contributed by atoms with van der Waals surface area (Å²) in [7, 11) is 0. The fourth-order valence-electron chi connectivity index (χ4n) is 2.39. The van der Waals surface area contributed by atoms with Crippen LogP contribution >= 0.6 is 0 Å². The van der Waals surface area contributed by atoms with Gasteiger partial charge >= 0.3 is 5.97 Å². The molecule has 1 amide bonds. The Kier molecular flexibility index (Phi) is 5.31. The molecule has 0 saturated heterocycles. The fraction of sp³-hybridized carbons (Fsp3) is 0.500. The Bertz CT molecular complexity index is 504. The molecular formula is C16H23NO3. The number of hydrogen-bond acceptors (Lipinski definition) is 2. The van der Waals surface area contributed by atoms with E-state index in [-0.39, 0.29) is 12.3 Å². The summed E-state index contributed by atoms with van der Waals surface area (Å²) in [6.07, 6.45) is 1.12. The summed E-state index contributed by atoms with van der Waals surface area (Å²) in [5.74, 6) is -1.10. The molecule has 0 atom stereocenters. The lowest BCUT2D eigenvalue weighted by atomic mass is 9.88. The van der Waals surface area contributed by atoms with Crippen molar-refractivity contribution in [1.82, 2.24) is 5.32 Å². The molecule has 0 aromatic heterocycles. The van der Waals surface area contributed by atoms with E-state index in [9.17, 15) is 9.59 Å². The second kappa shape index (κ2) is 6.55. The quantitative estimate of drug-likeness (QED) is 0.839. The number of carboxylic acids is 1. The highest BCUT2D eigenvalue weighted by Crippen LogP contribution is 2.21. The number of carbonyl (C=O) groups is 2. The van der Waals surface area contributed by atoms with Gasteiger partial charge in [0.25, 0.3) is 5.91 Å². The van der Waals surface area contributed by atoms with Gasteiger partial charge in [0.15, 0.2) is 0 Å². The number of carboxylic acid groups (broad SMARTS) is 1. The topological polar surface area (TPSA) is 66.4 Å². The normalized spacial score (nSPS) is 11.2. The Balaban J connectivity index is 2.99. The molecule has 0 spiro atoms. The van der Waals surface area contributed by atoms with Crippen molar-refractivity contribution in [3.63, 3.8) is 0 Å². The Morgan fingerprint density at radius 1 is 1.20 bits per heavy atom. The first kappa shape index (κ1) is 16.2. The van der Waals surface area contributed by atoms with Crippen LogP contribution in [0.5, 0.6) is 0 Å². The van der Waals surface area contributed by atoms with Crippen LogP contribution in [0.4, 0.5) is 0 Å². The molecule has 0 heterocycles. The third-order valence-corrected chi connectivity index (χ3v) is 3.85. The molecule has 0 radical (unpaired) electrons. The van der Waals surface area contributed by atoms with Crippen molar-refractivity contribution < 1.29 is 14.7 Å². The monoisotopic (exact) mass is 277 g/mol. The summed E-state index contributed by atoms with van der Waals surface area (Å²) in [4.78, 5) is 23.4. The molecule has 1 aromatic carbocycles. The van der Waals surface area contributed by atoms with E-state index in [0.29, 0.717) is 18.4 Å². The molecule has 20 heavy (non-hydrogen) atoms. The lowest BCUT2D eigenvalue weighted by Gasteiger charge is -2.31. The third kappa shape index (κ3) is 3.83. The average molecular weight is 277 g/mol. The Morgan fingerprint density at radius 2 is 1.80 bits per heavy atom. The van der Waals surface area contributed by atoms with E-state index in [4.69, 9.17) is 5.11 Å². The van der Waals surface area contributed by atoms with Crippen molar-refractivity contribution in [2.24, 2.45) is 0 Å². The highest BCUT2D eigenvalue weighted by molar-refractivity contribution is 5.96. The van der Waals surface area contributed by atoms with Crippen molar-refractivity contribution in [2.75, 3.05) is 0 Å². The molecule has 110 valence electrons. The minimum Gasteiger partial charge on any atom is -0.481 e. The van der Waals surface area contributed by atoms with Gasteiger partial charge in [0, 0.05) is 5.56 Å². The molecule has 2 N–H and O–H groups in total. The summed E-state index contributed by atoms with van der Waals surface area (Å²) in [5, 5.41) is 12.0. The number of nitrogens with one attached hydrogen (secondary N) is 1. The van der Waals surface area contributed by atoms with E-state index in [1.165, 1.54) is 0 Å². The molecular weight excluding hydrogens is 254 g/mol. The molecule has 0 fully saturated rings. The van der Waals surface area contributed by atoms with Crippen LogP contribution in [0.1, 0.15) is 54.6 Å². The lowest BCUT2D eigenvalue weighted by Crippen LogP contribution is -2.49. The zero-order chi connectivity index (χ0) is 15.3. The highest BCUT2D eigenvalue weighted by Gasteiger charge is 2.31. The van der Waals surface area contributed by atoms with E-state index in [2.05, 4.69) is 5.32 Å². The van der Waals surface area contributed by atoms with Crippen LogP contribution in [0.2, 0.25) is 0 Å². The maximum atomic E-state index is 12.4. The Hall–Kier alpha value is -1.84. The van der Waals surface area contributed by atoms with Crippen molar-refractivity contribution >= 4 is 11.9 Å². The average Bonchev–Trinajstić information content (AvgIpc) is 2.37. The fourth-order valence-corrected chi connectivity index (χ4v) is 2.39. The third-order valence-electron chi connectivity index (χ3n) is 3.85. The maximum absolute atomic E-state index is 12.4. The minimum atomic E-state index is -0.894. The Morgan fingerprint density at radius 3 is 2.25 bits per heavy atom. The molecule has 1 aromatic rings. The van der Waals surface area contributed by atoms with Crippen LogP contribution in [-0.4, -0.2) is 22.5 Å². The zero-order valence-corrected chi connectivity index (χ0v) is 12.6. The van der Waals surface area contributed by atoms with E-state index in [0.717, 1.165) is 11.1 Å². The molecule has 4 heteroatoms. The summed E-state index contributed by atoms with van der Waals surface area (Å²) < 4.78 is 0. The molecule has 0 saturated carbocycles. The minimum absolute atomic E-state index is 0.0589. The number of carbonyl (C=O) groups excluding carboxylic acids is 1. The van der Waals surface area contributed by atoms with E-state index >= 15 is 0 Å². The second-order valence-electron chi connectivity index (χ2n) is 5.33. The Labute approximate surface area is 120 Å². The van der Waals surface area contributed by atoms with Crippen molar-refractivity contribution in [2.45, 2.75) is 52.5 Å². The van der Waals surface area contributed by atoms with Crippen LogP contribution in [0.3, 0.4) is 0 Å². The van der Waals surface area contributed by atoms with Gasteiger partial charge in [-0.15, -0.1) is 0 Å². The number of benzene rings is 1. The number of amides is 1. The standard InChI is InChI=1S/C16H23NO3/c1-5-16(6-2,10-14(18)19)17-15(20)13-8-7-11(3)9-12(13)4/h7-9H,5-6,10H2,1-4H3,(H,17,20)(H,18,19). The van der Waals surface area contributed by atoms with Crippen molar-refractivity contribution in [3.05, 3.63) is 34.9 Å². The predicted molar refractivity (Wildman–Crippen MR) is 78.9 cm³/mol. The van der Waals surface area contributed by atoms with Crippen LogP contribution in [-0.2, 0) is 4.79 Å². The predicted octanol–water partition coefficient (Wildman–Crippen LogP) is 3.07. The maximum Gasteiger partial charge on any atom is 0.305 e. The van der Waals surface area contributed by atoms with Gasteiger partial charge in [0.1, 0.15) is 0 Å². The summed E-state index contributed by atoms with van der Waals surface area (Å²) in [6.45, 7) is 7.66. The first-order chi connectivity index (χ1) is 9.33. The van der Waals surface area contributed by atoms with Gasteiger partial charge in [-0.05, 0) is 38.3 Å². The number of hydrogen-bond donors (Lipinski definition) is 2. The van der Waals surface area contributed by atoms with Gasteiger partial charge in [-0.1, -0.05) is 31.5 Å². The SMILES string of the molecule is CCC(CC)(CC(=O)O)NC(=O)c1ccc(C)cc1C. The van der Waals surface area contributed by atoms with E-state index in [1.54, 1.807) is 6.07 Å². The zero-order valence-electron chi connectivity index (χ0n) is 12.6. The molecule has 0 aliphatic carbocycles. The highest BCUT2D eigenvalue weighted by atomic mass is 16.4. The van der Waals surface area contributed by atoms with E-state index in [1.807, 2.05) is 39.8 Å². The number of aryl methyl sites for hydroxylation is 2. The van der Waals surface area contributed by atoms with Crippen LogP contribution < -0.4 is 5.32 Å². The molecule has 4 nitrogen and oxygen atoms in total. The van der Waals surface area contributed by atoms with Gasteiger partial charge in [-0.3, -0.25) is 9.59 Å². The van der Waals surface area contributed by atoms with Gasteiger partial charge in [0.05, 0.1) is 12.0 Å². The smallest absolute Gasteiger partial charge is 0.305 e. The van der Waals surface area contributed by atoms with Crippen molar-refractivity contribution in [1.29, 1.82) is 0 Å². The molecule has 0 unspecified atom stereocenters. The summed E-state index contributed by atoms with van der Waals surface area (Å²) >= 11 is 0. The van der Waals surface area contributed by atoms with Gasteiger partial charge in [-0.2, -0.15) is 0 Å². The molecule has 0 bridgehead atoms. The van der Waals surface area contributed by atoms with Crippen LogP contribution in [0, 0.1) is 13.8 Å². The second-order valence-corrected chi connectivity index (χ2v) is 5.33. The summed E-state index contributed by atoms with van der Waals surface area (Å²) in [5.41, 5.74) is 1.92. The number of rotatable bonds is 6. The first-order valence-electron chi connectivity index (χ1n) is 6.95. The lowest BCUT2D eigenvalue weighted by molar-refractivity contribution is -0.138. The molecule has 0 aliphatic heterocycles. The molecule has 1 rings (SSSR count). The van der Waals surface area contributed by atoms with Gasteiger partial charge in [0.2, 0.25) is 0 Å².